The fourth-order valence-electron chi connectivity index (χ4n) is 2.80. The van der Waals surface area contributed by atoms with E-state index in [-0.39, 0.29) is 0 Å². The lowest BCUT2D eigenvalue weighted by Gasteiger charge is -2.31. The standard InChI is InChI=1S/C20H17BrO2/c1-23-19-13-12-17(21)14-18(19)20(22,15-8-4-2-5-9-15)16-10-6-3-7-11-16/h2-14,22H,1H3. The second kappa shape index (κ2) is 6.57. The van der Waals surface area contributed by atoms with Gasteiger partial charge < -0.3 is 9.84 Å². The van der Waals surface area contributed by atoms with E-state index in [1.807, 2.05) is 78.9 Å². The van der Waals surface area contributed by atoms with E-state index in [2.05, 4.69) is 15.9 Å². The first-order valence-electron chi connectivity index (χ1n) is 7.33. The Bertz CT molecular complexity index is 746. The first-order chi connectivity index (χ1) is 11.2. The minimum absolute atomic E-state index is 0.642. The second-order valence-electron chi connectivity index (χ2n) is 5.29. The van der Waals surface area contributed by atoms with Gasteiger partial charge in [-0.1, -0.05) is 76.6 Å². The highest BCUT2D eigenvalue weighted by Gasteiger charge is 2.36. The summed E-state index contributed by atoms with van der Waals surface area (Å²) in [5.41, 5.74) is 0.995. The van der Waals surface area contributed by atoms with Crippen LogP contribution in [0.25, 0.3) is 0 Å². The summed E-state index contributed by atoms with van der Waals surface area (Å²) in [7, 11) is 1.61. The van der Waals surface area contributed by atoms with E-state index in [0.29, 0.717) is 11.3 Å². The molecule has 0 saturated heterocycles. The van der Waals surface area contributed by atoms with Crippen LogP contribution in [0.3, 0.4) is 0 Å². The van der Waals surface area contributed by atoms with Crippen LogP contribution in [0.1, 0.15) is 16.7 Å². The molecule has 3 heteroatoms. The van der Waals surface area contributed by atoms with E-state index >= 15 is 0 Å². The number of hydrogen-bond acceptors (Lipinski definition) is 2. The van der Waals surface area contributed by atoms with Crippen LogP contribution in [0.15, 0.2) is 83.3 Å². The summed E-state index contributed by atoms with van der Waals surface area (Å²) in [6.07, 6.45) is 0. The SMILES string of the molecule is COc1ccc(Br)cc1C(O)(c1ccccc1)c1ccccc1. The summed E-state index contributed by atoms with van der Waals surface area (Å²) in [6.45, 7) is 0. The molecule has 0 radical (unpaired) electrons. The molecule has 0 atom stereocenters. The number of methoxy groups -OCH3 is 1. The van der Waals surface area contributed by atoms with E-state index in [4.69, 9.17) is 4.74 Å². The molecule has 0 aliphatic heterocycles. The van der Waals surface area contributed by atoms with Gasteiger partial charge in [-0.25, -0.2) is 0 Å². The number of rotatable bonds is 4. The zero-order valence-electron chi connectivity index (χ0n) is 12.7. The Hall–Kier alpha value is -2.10. The molecule has 0 saturated carbocycles. The molecule has 0 heterocycles. The van der Waals surface area contributed by atoms with Crippen LogP contribution in [0.5, 0.6) is 5.75 Å². The van der Waals surface area contributed by atoms with Crippen molar-refractivity contribution in [2.75, 3.05) is 7.11 Å². The molecule has 0 spiro atoms. The van der Waals surface area contributed by atoms with Crippen LogP contribution in [0, 0.1) is 0 Å². The third-order valence-corrected chi connectivity index (χ3v) is 4.43. The number of halogens is 1. The molecular weight excluding hydrogens is 352 g/mol. The predicted molar refractivity (Wildman–Crippen MR) is 95.7 cm³/mol. The summed E-state index contributed by atoms with van der Waals surface area (Å²) >= 11 is 3.50. The fourth-order valence-corrected chi connectivity index (χ4v) is 3.16. The lowest BCUT2D eigenvalue weighted by molar-refractivity contribution is 0.122. The molecule has 3 rings (SSSR count). The topological polar surface area (TPSA) is 29.5 Å². The van der Waals surface area contributed by atoms with Gasteiger partial charge in [-0.15, -0.1) is 0 Å². The van der Waals surface area contributed by atoms with Crippen molar-refractivity contribution in [3.8, 4) is 5.75 Å². The molecule has 0 aromatic heterocycles. The average molecular weight is 369 g/mol. The molecule has 0 bridgehead atoms. The molecule has 116 valence electrons. The quantitative estimate of drug-likeness (QED) is 0.673. The summed E-state index contributed by atoms with van der Waals surface area (Å²) in [5.74, 6) is 0.642. The highest BCUT2D eigenvalue weighted by Crippen LogP contribution is 2.42. The molecule has 0 aliphatic carbocycles. The molecular formula is C20H17BrO2. The summed E-state index contributed by atoms with van der Waals surface area (Å²) in [5, 5.41) is 11.8. The molecule has 3 aromatic rings. The van der Waals surface area contributed by atoms with E-state index in [1.54, 1.807) is 7.11 Å². The minimum Gasteiger partial charge on any atom is -0.496 e. The molecule has 2 nitrogen and oxygen atoms in total. The van der Waals surface area contributed by atoms with Crippen LogP contribution in [0.4, 0.5) is 0 Å². The smallest absolute Gasteiger partial charge is 0.144 e. The van der Waals surface area contributed by atoms with E-state index in [9.17, 15) is 5.11 Å². The minimum atomic E-state index is -1.29. The third-order valence-electron chi connectivity index (χ3n) is 3.93. The molecule has 0 aliphatic rings. The largest absolute Gasteiger partial charge is 0.496 e. The molecule has 23 heavy (non-hydrogen) atoms. The zero-order valence-corrected chi connectivity index (χ0v) is 14.3. The Labute approximate surface area is 144 Å². The highest BCUT2D eigenvalue weighted by molar-refractivity contribution is 9.10. The zero-order chi connectivity index (χ0) is 16.3. The van der Waals surface area contributed by atoms with Crippen LogP contribution < -0.4 is 4.74 Å². The monoisotopic (exact) mass is 368 g/mol. The number of aliphatic hydroxyl groups is 1. The molecule has 0 amide bonds. The summed E-state index contributed by atoms with van der Waals surface area (Å²) in [4.78, 5) is 0. The number of hydrogen-bond donors (Lipinski definition) is 1. The van der Waals surface area contributed by atoms with Crippen molar-refractivity contribution in [3.05, 3.63) is 100 Å². The fraction of sp³-hybridized carbons (Fsp3) is 0.100. The van der Waals surface area contributed by atoms with Gasteiger partial charge in [-0.3, -0.25) is 0 Å². The highest BCUT2D eigenvalue weighted by atomic mass is 79.9. The maximum atomic E-state index is 11.8. The van der Waals surface area contributed by atoms with Crippen molar-refractivity contribution in [2.24, 2.45) is 0 Å². The first-order valence-corrected chi connectivity index (χ1v) is 8.13. The normalized spacial score (nSPS) is 11.3. The number of ether oxygens (including phenoxy) is 1. The summed E-state index contributed by atoms with van der Waals surface area (Å²) < 4.78 is 6.40. The van der Waals surface area contributed by atoms with Gasteiger partial charge in [0.1, 0.15) is 11.4 Å². The van der Waals surface area contributed by atoms with Crippen molar-refractivity contribution < 1.29 is 9.84 Å². The van der Waals surface area contributed by atoms with E-state index in [1.165, 1.54) is 0 Å². The van der Waals surface area contributed by atoms with Crippen molar-refractivity contribution in [1.29, 1.82) is 0 Å². The van der Waals surface area contributed by atoms with Gasteiger partial charge >= 0.3 is 0 Å². The maximum absolute atomic E-state index is 11.8. The van der Waals surface area contributed by atoms with Gasteiger partial charge in [0.05, 0.1) is 7.11 Å². The third kappa shape index (κ3) is 2.90. The summed E-state index contributed by atoms with van der Waals surface area (Å²) in [6, 6.07) is 24.9. The lowest BCUT2D eigenvalue weighted by atomic mass is 9.80. The second-order valence-corrected chi connectivity index (χ2v) is 6.20. The van der Waals surface area contributed by atoms with Crippen LogP contribution in [-0.4, -0.2) is 12.2 Å². The Kier molecular flexibility index (Phi) is 4.51. The molecule has 0 unspecified atom stereocenters. The average Bonchev–Trinajstić information content (AvgIpc) is 2.62. The Balaban J connectivity index is 2.32. The number of benzene rings is 3. The van der Waals surface area contributed by atoms with Crippen LogP contribution >= 0.6 is 15.9 Å². The first kappa shape index (κ1) is 15.8. The maximum Gasteiger partial charge on any atom is 0.144 e. The Morgan fingerprint density at radius 1 is 0.826 bits per heavy atom. The van der Waals surface area contributed by atoms with Crippen LogP contribution in [0.2, 0.25) is 0 Å². The van der Waals surface area contributed by atoms with Gasteiger partial charge in [0.2, 0.25) is 0 Å². The van der Waals surface area contributed by atoms with Gasteiger partial charge in [0.15, 0.2) is 0 Å². The van der Waals surface area contributed by atoms with Crippen molar-refractivity contribution in [1.82, 2.24) is 0 Å². The van der Waals surface area contributed by atoms with Gasteiger partial charge in [-0.05, 0) is 29.3 Å². The Morgan fingerprint density at radius 2 is 1.35 bits per heavy atom. The van der Waals surface area contributed by atoms with Crippen molar-refractivity contribution in [3.63, 3.8) is 0 Å². The molecule has 1 N–H and O–H groups in total. The van der Waals surface area contributed by atoms with E-state index < -0.39 is 5.60 Å². The van der Waals surface area contributed by atoms with Crippen molar-refractivity contribution >= 4 is 15.9 Å². The molecule has 3 aromatic carbocycles. The van der Waals surface area contributed by atoms with E-state index in [0.717, 1.165) is 15.6 Å². The molecule has 0 fully saturated rings. The van der Waals surface area contributed by atoms with Gasteiger partial charge in [-0.2, -0.15) is 0 Å². The lowest BCUT2D eigenvalue weighted by Crippen LogP contribution is -2.29. The van der Waals surface area contributed by atoms with Crippen LogP contribution in [-0.2, 0) is 5.60 Å². The van der Waals surface area contributed by atoms with Gasteiger partial charge in [0, 0.05) is 10.0 Å². The van der Waals surface area contributed by atoms with Crippen molar-refractivity contribution in [2.45, 2.75) is 5.60 Å². The Morgan fingerprint density at radius 3 is 1.83 bits per heavy atom. The van der Waals surface area contributed by atoms with Gasteiger partial charge in [0.25, 0.3) is 0 Å². The predicted octanol–water partition coefficient (Wildman–Crippen LogP) is 4.74.